The van der Waals surface area contributed by atoms with Crippen LogP contribution in [0.2, 0.25) is 0 Å². The van der Waals surface area contributed by atoms with Crippen molar-refractivity contribution in [1.29, 1.82) is 0 Å². The first-order valence-corrected chi connectivity index (χ1v) is 10.1. The number of aliphatic hydroxyl groups is 1. The topological polar surface area (TPSA) is 65.0 Å². The number of ether oxygens (including phenoxy) is 1. The third kappa shape index (κ3) is 5.84. The van der Waals surface area contributed by atoms with Gasteiger partial charge < -0.3 is 20.1 Å². The van der Waals surface area contributed by atoms with Crippen LogP contribution < -0.4 is 10.1 Å². The maximum absolute atomic E-state index is 12.5. The molecular formula is C21H33N3O3. The Morgan fingerprint density at radius 1 is 1.26 bits per heavy atom. The summed E-state index contributed by atoms with van der Waals surface area (Å²) in [6.45, 7) is 8.70. The van der Waals surface area contributed by atoms with Crippen LogP contribution in [0.1, 0.15) is 30.4 Å². The molecule has 0 spiro atoms. The van der Waals surface area contributed by atoms with Gasteiger partial charge in [0.1, 0.15) is 12.4 Å². The lowest BCUT2D eigenvalue weighted by Crippen LogP contribution is -2.57. The minimum Gasteiger partial charge on any atom is -0.492 e. The molecule has 2 fully saturated rings. The van der Waals surface area contributed by atoms with Crippen LogP contribution >= 0.6 is 0 Å². The second kappa shape index (κ2) is 9.42. The molecule has 27 heavy (non-hydrogen) atoms. The fourth-order valence-corrected chi connectivity index (χ4v) is 3.61. The fourth-order valence-electron chi connectivity index (χ4n) is 3.61. The highest BCUT2D eigenvalue weighted by Gasteiger charge is 2.33. The van der Waals surface area contributed by atoms with Gasteiger partial charge in [-0.15, -0.1) is 0 Å². The van der Waals surface area contributed by atoms with Crippen molar-refractivity contribution in [3.63, 3.8) is 0 Å². The van der Waals surface area contributed by atoms with E-state index in [1.807, 2.05) is 23.1 Å². The molecule has 2 amide bonds. The number of hydrogen-bond acceptors (Lipinski definition) is 4. The molecule has 0 aromatic heterocycles. The number of amides is 2. The van der Waals surface area contributed by atoms with Crippen molar-refractivity contribution in [3.05, 3.63) is 29.3 Å². The molecule has 1 atom stereocenters. The number of benzene rings is 1. The molecule has 0 radical (unpaired) electrons. The summed E-state index contributed by atoms with van der Waals surface area (Å²) in [6.07, 6.45) is 3.38. The van der Waals surface area contributed by atoms with E-state index in [0.29, 0.717) is 19.7 Å². The van der Waals surface area contributed by atoms with Crippen LogP contribution in [-0.2, 0) is 0 Å². The van der Waals surface area contributed by atoms with Crippen molar-refractivity contribution < 1.29 is 14.6 Å². The molecule has 6 heteroatoms. The molecule has 1 aliphatic heterocycles. The van der Waals surface area contributed by atoms with Crippen molar-refractivity contribution in [2.75, 3.05) is 45.9 Å². The standard InChI is InChI=1S/C21H33N3O3/c1-16-3-6-20(13-17(16)2)27-12-8-22-21(26)24-10-9-23(14-18-4-5-18)19(15-24)7-11-25/h3,6,13,18-19,25H,4-5,7-12,14-15H2,1-2H3,(H,22,26). The van der Waals surface area contributed by atoms with E-state index >= 15 is 0 Å². The van der Waals surface area contributed by atoms with Crippen LogP contribution in [0.4, 0.5) is 4.79 Å². The van der Waals surface area contributed by atoms with Crippen molar-refractivity contribution >= 4 is 6.03 Å². The van der Waals surface area contributed by atoms with Crippen LogP contribution in [0, 0.1) is 19.8 Å². The van der Waals surface area contributed by atoms with Gasteiger partial charge in [0.15, 0.2) is 0 Å². The summed E-state index contributed by atoms with van der Waals surface area (Å²) in [5, 5.41) is 12.3. The maximum Gasteiger partial charge on any atom is 0.317 e. The highest BCUT2D eigenvalue weighted by molar-refractivity contribution is 5.74. The van der Waals surface area contributed by atoms with Gasteiger partial charge >= 0.3 is 6.03 Å². The summed E-state index contributed by atoms with van der Waals surface area (Å²) in [5.74, 6) is 1.66. The Hall–Kier alpha value is -1.79. The van der Waals surface area contributed by atoms with Gasteiger partial charge in [0.05, 0.1) is 6.54 Å². The Morgan fingerprint density at radius 3 is 2.78 bits per heavy atom. The molecule has 6 nitrogen and oxygen atoms in total. The predicted molar refractivity (Wildman–Crippen MR) is 106 cm³/mol. The Balaban J connectivity index is 1.40. The average Bonchev–Trinajstić information content (AvgIpc) is 3.47. The Labute approximate surface area is 162 Å². The molecule has 3 rings (SSSR count). The summed E-state index contributed by atoms with van der Waals surface area (Å²) in [6, 6.07) is 6.26. The SMILES string of the molecule is Cc1ccc(OCCNC(=O)N2CCN(CC3CC3)C(CCO)C2)cc1C. The van der Waals surface area contributed by atoms with Crippen molar-refractivity contribution in [2.24, 2.45) is 5.92 Å². The van der Waals surface area contributed by atoms with Crippen molar-refractivity contribution in [1.82, 2.24) is 15.1 Å². The Bertz CT molecular complexity index is 633. The van der Waals surface area contributed by atoms with E-state index in [1.165, 1.54) is 24.0 Å². The first-order chi connectivity index (χ1) is 13.1. The minimum atomic E-state index is -0.0345. The van der Waals surface area contributed by atoms with E-state index < -0.39 is 0 Å². The number of hydrogen-bond donors (Lipinski definition) is 2. The summed E-state index contributed by atoms with van der Waals surface area (Å²) < 4.78 is 5.73. The minimum absolute atomic E-state index is 0.0345. The van der Waals surface area contributed by atoms with Gasteiger partial charge in [0, 0.05) is 38.8 Å². The zero-order valence-electron chi connectivity index (χ0n) is 16.6. The van der Waals surface area contributed by atoms with Gasteiger partial charge in [-0.25, -0.2) is 4.79 Å². The van der Waals surface area contributed by atoms with Crippen LogP contribution in [-0.4, -0.2) is 72.9 Å². The van der Waals surface area contributed by atoms with E-state index in [9.17, 15) is 9.90 Å². The third-order valence-electron chi connectivity index (χ3n) is 5.67. The second-order valence-corrected chi connectivity index (χ2v) is 7.88. The smallest absolute Gasteiger partial charge is 0.317 e. The number of aliphatic hydroxyl groups excluding tert-OH is 1. The highest BCUT2D eigenvalue weighted by Crippen LogP contribution is 2.31. The zero-order valence-corrected chi connectivity index (χ0v) is 16.6. The lowest BCUT2D eigenvalue weighted by molar-refractivity contribution is 0.0701. The molecule has 1 unspecified atom stereocenters. The zero-order chi connectivity index (χ0) is 19.2. The van der Waals surface area contributed by atoms with Crippen LogP contribution in [0.25, 0.3) is 0 Å². The van der Waals surface area contributed by atoms with E-state index in [2.05, 4.69) is 24.1 Å². The molecule has 1 heterocycles. The highest BCUT2D eigenvalue weighted by atomic mass is 16.5. The number of rotatable bonds is 8. The number of carbonyl (C=O) groups is 1. The lowest BCUT2D eigenvalue weighted by atomic mass is 10.1. The molecular weight excluding hydrogens is 342 g/mol. The largest absolute Gasteiger partial charge is 0.492 e. The number of aryl methyl sites for hydroxylation is 2. The number of nitrogens with one attached hydrogen (secondary N) is 1. The molecule has 1 saturated carbocycles. The van der Waals surface area contributed by atoms with E-state index in [0.717, 1.165) is 37.7 Å². The normalized spacial score (nSPS) is 20.6. The molecule has 1 aromatic rings. The molecule has 150 valence electrons. The molecule has 1 aromatic carbocycles. The van der Waals surface area contributed by atoms with Crippen molar-refractivity contribution in [3.8, 4) is 5.75 Å². The average molecular weight is 376 g/mol. The van der Waals surface area contributed by atoms with E-state index in [-0.39, 0.29) is 18.7 Å². The van der Waals surface area contributed by atoms with Crippen molar-refractivity contribution in [2.45, 2.75) is 39.2 Å². The van der Waals surface area contributed by atoms with Gasteiger partial charge in [0.25, 0.3) is 0 Å². The molecule has 0 bridgehead atoms. The summed E-state index contributed by atoms with van der Waals surface area (Å²) >= 11 is 0. The summed E-state index contributed by atoms with van der Waals surface area (Å²) in [7, 11) is 0. The fraction of sp³-hybridized carbons (Fsp3) is 0.667. The number of nitrogens with zero attached hydrogens (tertiary/aromatic N) is 2. The Kier molecular flexibility index (Phi) is 6.96. The first kappa shape index (κ1) is 20.0. The van der Waals surface area contributed by atoms with Gasteiger partial charge in [-0.05, 0) is 62.3 Å². The monoisotopic (exact) mass is 375 g/mol. The van der Waals surface area contributed by atoms with E-state index in [1.54, 1.807) is 0 Å². The molecule has 1 saturated heterocycles. The lowest BCUT2D eigenvalue weighted by Gasteiger charge is -2.41. The van der Waals surface area contributed by atoms with Crippen LogP contribution in [0.15, 0.2) is 18.2 Å². The number of urea groups is 1. The van der Waals surface area contributed by atoms with Crippen LogP contribution in [0.3, 0.4) is 0 Å². The predicted octanol–water partition coefficient (Wildman–Crippen LogP) is 2.17. The quantitative estimate of drug-likeness (QED) is 0.684. The third-order valence-corrected chi connectivity index (χ3v) is 5.67. The van der Waals surface area contributed by atoms with Gasteiger partial charge in [-0.1, -0.05) is 6.07 Å². The Morgan fingerprint density at radius 2 is 2.07 bits per heavy atom. The molecule has 2 N–H and O–H groups in total. The summed E-state index contributed by atoms with van der Waals surface area (Å²) in [4.78, 5) is 16.8. The van der Waals surface area contributed by atoms with Crippen LogP contribution in [0.5, 0.6) is 5.75 Å². The first-order valence-electron chi connectivity index (χ1n) is 10.1. The summed E-state index contributed by atoms with van der Waals surface area (Å²) in [5.41, 5.74) is 2.45. The second-order valence-electron chi connectivity index (χ2n) is 7.88. The van der Waals surface area contributed by atoms with Gasteiger partial charge in [-0.2, -0.15) is 0 Å². The number of piperazine rings is 1. The van der Waals surface area contributed by atoms with Gasteiger partial charge in [0.2, 0.25) is 0 Å². The van der Waals surface area contributed by atoms with E-state index in [4.69, 9.17) is 4.74 Å². The number of carbonyl (C=O) groups excluding carboxylic acids is 1. The molecule has 2 aliphatic rings. The maximum atomic E-state index is 12.5. The van der Waals surface area contributed by atoms with Gasteiger partial charge in [-0.3, -0.25) is 4.90 Å². The molecule has 1 aliphatic carbocycles.